The lowest BCUT2D eigenvalue weighted by Crippen LogP contribution is -2.30. The third-order valence-electron chi connectivity index (χ3n) is 2.61. The smallest absolute Gasteiger partial charge is 0.124 e. The molecule has 0 aliphatic rings. The normalized spacial score (nSPS) is 10.9. The Labute approximate surface area is 127 Å². The molecule has 0 saturated heterocycles. The molecule has 19 heavy (non-hydrogen) atoms. The first-order valence-corrected chi connectivity index (χ1v) is 7.16. The van der Waals surface area contributed by atoms with E-state index in [0.29, 0.717) is 24.6 Å². The molecule has 106 valence electrons. The predicted octanol–water partition coefficient (Wildman–Crippen LogP) is 2.71. The van der Waals surface area contributed by atoms with Crippen molar-refractivity contribution < 1.29 is 9.13 Å². The van der Waals surface area contributed by atoms with Gasteiger partial charge in [-0.1, -0.05) is 28.1 Å². The Hall–Kier alpha value is -0.560. The van der Waals surface area contributed by atoms with E-state index in [1.165, 1.54) is 12.1 Å². The number of nitrogens with zero attached hydrogens (tertiary/aromatic N) is 1. The number of nitrogens with two attached hydrogens (primary N) is 1. The second-order valence-electron chi connectivity index (χ2n) is 4.26. The molecule has 0 radical (unpaired) electrons. The SMILES string of the molecule is COCCN(CCC(N)=S)Cc1cc(F)cc(Br)c1. The minimum absolute atomic E-state index is 0.245. The summed E-state index contributed by atoms with van der Waals surface area (Å²) in [6.45, 7) is 2.76. The van der Waals surface area contributed by atoms with Gasteiger partial charge in [-0.3, -0.25) is 4.90 Å². The van der Waals surface area contributed by atoms with Crippen LogP contribution in [0.4, 0.5) is 4.39 Å². The summed E-state index contributed by atoms with van der Waals surface area (Å²) < 4.78 is 19.1. The standard InChI is InChI=1S/C13H18BrFN2OS/c1-18-5-4-17(3-2-13(16)19)9-10-6-11(14)8-12(15)7-10/h6-8H,2-5,9H2,1H3,(H2,16,19). The lowest BCUT2D eigenvalue weighted by Gasteiger charge is -2.22. The van der Waals surface area contributed by atoms with E-state index in [0.717, 1.165) is 23.1 Å². The molecule has 6 heteroatoms. The Morgan fingerprint density at radius 3 is 2.74 bits per heavy atom. The molecule has 2 N–H and O–H groups in total. The summed E-state index contributed by atoms with van der Waals surface area (Å²) >= 11 is 8.18. The second kappa shape index (κ2) is 8.58. The topological polar surface area (TPSA) is 38.5 Å². The van der Waals surface area contributed by atoms with Crippen molar-refractivity contribution in [3.8, 4) is 0 Å². The largest absolute Gasteiger partial charge is 0.393 e. The lowest BCUT2D eigenvalue weighted by molar-refractivity contribution is 0.146. The van der Waals surface area contributed by atoms with Crippen molar-refractivity contribution in [3.05, 3.63) is 34.1 Å². The van der Waals surface area contributed by atoms with E-state index in [-0.39, 0.29) is 5.82 Å². The van der Waals surface area contributed by atoms with Gasteiger partial charge < -0.3 is 10.5 Å². The molecule has 1 rings (SSSR count). The molecule has 1 aromatic rings. The van der Waals surface area contributed by atoms with Crippen LogP contribution in [0.25, 0.3) is 0 Å². The summed E-state index contributed by atoms with van der Waals surface area (Å²) in [7, 11) is 1.66. The zero-order valence-electron chi connectivity index (χ0n) is 10.9. The maximum Gasteiger partial charge on any atom is 0.124 e. The fraction of sp³-hybridized carbons (Fsp3) is 0.462. The van der Waals surface area contributed by atoms with E-state index < -0.39 is 0 Å². The molecule has 0 amide bonds. The van der Waals surface area contributed by atoms with Crippen molar-refractivity contribution in [2.24, 2.45) is 5.73 Å². The van der Waals surface area contributed by atoms with Gasteiger partial charge in [-0.25, -0.2) is 4.39 Å². The number of ether oxygens (including phenoxy) is 1. The highest BCUT2D eigenvalue weighted by Crippen LogP contribution is 2.16. The van der Waals surface area contributed by atoms with Crippen LogP contribution < -0.4 is 5.73 Å². The van der Waals surface area contributed by atoms with Crippen molar-refractivity contribution in [1.82, 2.24) is 4.90 Å². The summed E-state index contributed by atoms with van der Waals surface area (Å²) in [5, 5.41) is 0. The Morgan fingerprint density at radius 2 is 2.16 bits per heavy atom. The Bertz CT molecular complexity index is 411. The van der Waals surface area contributed by atoms with Crippen LogP contribution in [0.2, 0.25) is 0 Å². The first kappa shape index (κ1) is 16.5. The van der Waals surface area contributed by atoms with Crippen molar-refractivity contribution in [1.29, 1.82) is 0 Å². The molecular weight excluding hydrogens is 331 g/mol. The summed E-state index contributed by atoms with van der Waals surface area (Å²) in [6.07, 6.45) is 0.648. The fourth-order valence-electron chi connectivity index (χ4n) is 1.72. The van der Waals surface area contributed by atoms with Crippen LogP contribution in [-0.2, 0) is 11.3 Å². The van der Waals surface area contributed by atoms with Gasteiger partial charge in [0.1, 0.15) is 5.82 Å². The van der Waals surface area contributed by atoms with Crippen LogP contribution in [-0.4, -0.2) is 36.7 Å². The minimum Gasteiger partial charge on any atom is -0.393 e. The zero-order chi connectivity index (χ0) is 14.3. The van der Waals surface area contributed by atoms with Gasteiger partial charge in [0.05, 0.1) is 11.6 Å². The number of benzene rings is 1. The maximum atomic E-state index is 13.3. The number of rotatable bonds is 8. The van der Waals surface area contributed by atoms with E-state index >= 15 is 0 Å². The molecular formula is C13H18BrFN2OS. The monoisotopic (exact) mass is 348 g/mol. The van der Waals surface area contributed by atoms with Crippen LogP contribution in [0.1, 0.15) is 12.0 Å². The molecule has 0 fully saturated rings. The summed E-state index contributed by atoms with van der Waals surface area (Å²) in [6, 6.07) is 4.88. The highest BCUT2D eigenvalue weighted by Gasteiger charge is 2.08. The van der Waals surface area contributed by atoms with Crippen molar-refractivity contribution in [2.75, 3.05) is 26.8 Å². The van der Waals surface area contributed by atoms with E-state index in [1.54, 1.807) is 7.11 Å². The first-order chi connectivity index (χ1) is 9.01. The van der Waals surface area contributed by atoms with Crippen molar-refractivity contribution in [3.63, 3.8) is 0 Å². The molecule has 3 nitrogen and oxygen atoms in total. The van der Waals surface area contributed by atoms with Gasteiger partial charge in [-0.05, 0) is 23.8 Å². The molecule has 0 spiro atoms. The fourth-order valence-corrected chi connectivity index (χ4v) is 2.32. The van der Waals surface area contributed by atoms with E-state index in [9.17, 15) is 4.39 Å². The van der Waals surface area contributed by atoms with Gasteiger partial charge >= 0.3 is 0 Å². The van der Waals surface area contributed by atoms with Crippen LogP contribution in [0, 0.1) is 5.82 Å². The second-order valence-corrected chi connectivity index (χ2v) is 5.70. The quantitative estimate of drug-likeness (QED) is 0.733. The highest BCUT2D eigenvalue weighted by molar-refractivity contribution is 9.10. The average molecular weight is 349 g/mol. The molecule has 1 aromatic carbocycles. The van der Waals surface area contributed by atoms with Crippen LogP contribution in [0.3, 0.4) is 0 Å². The number of thiocarbonyl (C=S) groups is 1. The first-order valence-electron chi connectivity index (χ1n) is 5.96. The van der Waals surface area contributed by atoms with Crippen molar-refractivity contribution >= 4 is 33.1 Å². The maximum absolute atomic E-state index is 13.3. The molecule has 0 aliphatic carbocycles. The lowest BCUT2D eigenvalue weighted by atomic mass is 10.2. The molecule has 0 aromatic heterocycles. The van der Waals surface area contributed by atoms with Crippen LogP contribution >= 0.6 is 28.1 Å². The molecule has 0 unspecified atom stereocenters. The molecule has 0 heterocycles. The van der Waals surface area contributed by atoms with Gasteiger partial charge in [0.25, 0.3) is 0 Å². The van der Waals surface area contributed by atoms with Crippen LogP contribution in [0.5, 0.6) is 0 Å². The number of halogens is 2. The van der Waals surface area contributed by atoms with Crippen LogP contribution in [0.15, 0.2) is 22.7 Å². The van der Waals surface area contributed by atoms with E-state index in [2.05, 4.69) is 20.8 Å². The predicted molar refractivity (Wildman–Crippen MR) is 82.7 cm³/mol. The minimum atomic E-state index is -0.245. The van der Waals surface area contributed by atoms with Gasteiger partial charge in [0.15, 0.2) is 0 Å². The van der Waals surface area contributed by atoms with E-state index in [4.69, 9.17) is 22.7 Å². The zero-order valence-corrected chi connectivity index (χ0v) is 13.3. The molecule has 0 atom stereocenters. The summed E-state index contributed by atoms with van der Waals surface area (Å²) in [5.41, 5.74) is 6.43. The Balaban J connectivity index is 2.66. The Morgan fingerprint density at radius 1 is 1.42 bits per heavy atom. The Kier molecular flexibility index (Phi) is 7.45. The third kappa shape index (κ3) is 6.96. The highest BCUT2D eigenvalue weighted by atomic mass is 79.9. The molecule has 0 bridgehead atoms. The summed E-state index contributed by atoms with van der Waals surface area (Å²) in [5.74, 6) is -0.245. The third-order valence-corrected chi connectivity index (χ3v) is 3.28. The molecule has 0 saturated carbocycles. The number of methoxy groups -OCH3 is 1. The van der Waals surface area contributed by atoms with Gasteiger partial charge in [0, 0.05) is 37.6 Å². The van der Waals surface area contributed by atoms with Gasteiger partial charge in [-0.2, -0.15) is 0 Å². The molecule has 0 aliphatic heterocycles. The number of hydrogen-bond acceptors (Lipinski definition) is 3. The van der Waals surface area contributed by atoms with Gasteiger partial charge in [-0.15, -0.1) is 0 Å². The average Bonchev–Trinajstić information content (AvgIpc) is 2.31. The number of hydrogen-bond donors (Lipinski definition) is 1. The summed E-state index contributed by atoms with van der Waals surface area (Å²) in [4.78, 5) is 2.63. The van der Waals surface area contributed by atoms with E-state index in [1.807, 2.05) is 6.07 Å². The van der Waals surface area contributed by atoms with Crippen molar-refractivity contribution in [2.45, 2.75) is 13.0 Å². The van der Waals surface area contributed by atoms with Gasteiger partial charge in [0.2, 0.25) is 0 Å².